The summed E-state index contributed by atoms with van der Waals surface area (Å²) in [6.07, 6.45) is -0.0510. The van der Waals surface area contributed by atoms with Gasteiger partial charge in [-0.3, -0.25) is 0 Å². The van der Waals surface area contributed by atoms with Crippen LogP contribution in [0.5, 0.6) is 17.2 Å². The van der Waals surface area contributed by atoms with Gasteiger partial charge in [0.05, 0.1) is 0 Å². The van der Waals surface area contributed by atoms with E-state index in [4.69, 9.17) is 4.74 Å². The van der Waals surface area contributed by atoms with Crippen molar-refractivity contribution in [3.8, 4) is 17.2 Å². The molecular weight excluding hydrogens is 248 g/mol. The molecule has 0 spiro atoms. The molecule has 1 heterocycles. The zero-order chi connectivity index (χ0) is 12.5. The Balaban J connectivity index is 1.88. The molecule has 0 saturated heterocycles. The second-order valence-electron chi connectivity index (χ2n) is 4.14. The monoisotopic (exact) mass is 260 g/mol. The Hall–Kier alpha value is -1.81. The summed E-state index contributed by atoms with van der Waals surface area (Å²) in [5.41, 5.74) is 1.02. The van der Waals surface area contributed by atoms with E-state index in [-0.39, 0.29) is 17.6 Å². The number of thioether (sulfide) groups is 1. The Kier molecular flexibility index (Phi) is 2.80. The number of hydrogen-bond acceptors (Lipinski definition) is 4. The first kappa shape index (κ1) is 11.3. The molecule has 2 aromatic carbocycles. The molecule has 0 aliphatic carbocycles. The van der Waals surface area contributed by atoms with Crippen LogP contribution in [0.2, 0.25) is 0 Å². The minimum atomic E-state index is -0.0510. The number of fused-ring (bicyclic) bond motifs is 1. The maximum absolute atomic E-state index is 9.46. The van der Waals surface area contributed by atoms with Gasteiger partial charge in [-0.25, -0.2) is 0 Å². The third kappa shape index (κ3) is 2.11. The topological polar surface area (TPSA) is 49.7 Å². The van der Waals surface area contributed by atoms with Crippen molar-refractivity contribution < 1.29 is 14.9 Å². The lowest BCUT2D eigenvalue weighted by Crippen LogP contribution is -2.14. The maximum atomic E-state index is 9.46. The van der Waals surface area contributed by atoms with Crippen LogP contribution in [-0.2, 0) is 0 Å². The van der Waals surface area contributed by atoms with Crippen molar-refractivity contribution in [3.05, 3.63) is 48.0 Å². The van der Waals surface area contributed by atoms with Crippen LogP contribution in [0, 0.1) is 0 Å². The Morgan fingerprint density at radius 2 is 1.72 bits per heavy atom. The number of ether oxygens (including phenoxy) is 1. The third-order valence-corrected chi connectivity index (χ3v) is 3.97. The van der Waals surface area contributed by atoms with E-state index >= 15 is 0 Å². The van der Waals surface area contributed by atoms with Gasteiger partial charge in [0, 0.05) is 16.7 Å². The summed E-state index contributed by atoms with van der Waals surface area (Å²) < 4.78 is 5.88. The number of phenols is 2. The molecule has 4 heteroatoms. The molecule has 0 bridgehead atoms. The molecule has 3 nitrogen and oxygen atoms in total. The van der Waals surface area contributed by atoms with Crippen molar-refractivity contribution >= 4 is 11.8 Å². The number of aromatic hydroxyl groups is 2. The molecule has 1 aliphatic heterocycles. The number of rotatable bonds is 1. The molecule has 1 aliphatic rings. The Labute approximate surface area is 109 Å². The molecule has 1 unspecified atom stereocenters. The highest BCUT2D eigenvalue weighted by atomic mass is 32.2. The molecule has 2 aromatic rings. The number of benzene rings is 2. The van der Waals surface area contributed by atoms with E-state index in [1.165, 1.54) is 0 Å². The molecule has 0 amide bonds. The van der Waals surface area contributed by atoms with Crippen LogP contribution in [0.4, 0.5) is 0 Å². The maximum Gasteiger partial charge on any atom is 0.137 e. The summed E-state index contributed by atoms with van der Waals surface area (Å²) in [5, 5.41) is 18.7. The average molecular weight is 260 g/mol. The summed E-state index contributed by atoms with van der Waals surface area (Å²) in [5.74, 6) is 1.99. The number of hydrogen-bond donors (Lipinski definition) is 2. The van der Waals surface area contributed by atoms with E-state index in [0.29, 0.717) is 5.75 Å². The van der Waals surface area contributed by atoms with Gasteiger partial charge >= 0.3 is 0 Å². The van der Waals surface area contributed by atoms with Gasteiger partial charge in [-0.15, -0.1) is 11.8 Å². The van der Waals surface area contributed by atoms with Crippen LogP contribution in [0.1, 0.15) is 11.7 Å². The second kappa shape index (κ2) is 4.46. The molecule has 3 rings (SSSR count). The molecule has 0 radical (unpaired) electrons. The average Bonchev–Trinajstić information content (AvgIpc) is 2.38. The predicted molar refractivity (Wildman–Crippen MR) is 70.3 cm³/mol. The molecule has 0 saturated carbocycles. The van der Waals surface area contributed by atoms with Gasteiger partial charge in [0.1, 0.15) is 23.4 Å². The van der Waals surface area contributed by atoms with Crippen molar-refractivity contribution in [2.75, 3.05) is 5.75 Å². The van der Waals surface area contributed by atoms with Crippen molar-refractivity contribution in [1.29, 1.82) is 0 Å². The van der Waals surface area contributed by atoms with Gasteiger partial charge in [0.2, 0.25) is 0 Å². The van der Waals surface area contributed by atoms with Crippen LogP contribution in [-0.4, -0.2) is 16.0 Å². The fourth-order valence-electron chi connectivity index (χ4n) is 1.91. The lowest BCUT2D eigenvalue weighted by molar-refractivity contribution is 0.219. The largest absolute Gasteiger partial charge is 0.508 e. The molecule has 2 N–H and O–H groups in total. The highest BCUT2D eigenvalue weighted by Crippen LogP contribution is 2.41. The summed E-state index contributed by atoms with van der Waals surface area (Å²) in [7, 11) is 0. The van der Waals surface area contributed by atoms with E-state index in [2.05, 4.69) is 0 Å². The first-order valence-corrected chi connectivity index (χ1v) is 6.62. The molecule has 1 atom stereocenters. The third-order valence-electron chi connectivity index (χ3n) is 2.85. The zero-order valence-corrected chi connectivity index (χ0v) is 10.4. The van der Waals surface area contributed by atoms with E-state index in [0.717, 1.165) is 16.2 Å². The van der Waals surface area contributed by atoms with Gasteiger partial charge in [0.25, 0.3) is 0 Å². The van der Waals surface area contributed by atoms with E-state index in [1.807, 2.05) is 18.2 Å². The minimum absolute atomic E-state index is 0.0510. The smallest absolute Gasteiger partial charge is 0.137 e. The highest BCUT2D eigenvalue weighted by molar-refractivity contribution is 7.99. The minimum Gasteiger partial charge on any atom is -0.508 e. The lowest BCUT2D eigenvalue weighted by Gasteiger charge is -2.26. The number of phenolic OH excluding ortho intramolecular Hbond substituents is 2. The first-order chi connectivity index (χ1) is 8.72. The van der Waals surface area contributed by atoms with Crippen molar-refractivity contribution in [2.45, 2.75) is 11.0 Å². The van der Waals surface area contributed by atoms with Crippen LogP contribution in [0.25, 0.3) is 0 Å². The van der Waals surface area contributed by atoms with Crippen molar-refractivity contribution in [1.82, 2.24) is 0 Å². The SMILES string of the molecule is Oc1ccc(C2CSc3ccc(O)cc3O2)cc1. The van der Waals surface area contributed by atoms with Crippen LogP contribution in [0.3, 0.4) is 0 Å². The van der Waals surface area contributed by atoms with Crippen molar-refractivity contribution in [3.63, 3.8) is 0 Å². The second-order valence-corrected chi connectivity index (χ2v) is 5.20. The van der Waals surface area contributed by atoms with Crippen molar-refractivity contribution in [2.24, 2.45) is 0 Å². The molecule has 0 aromatic heterocycles. The molecule has 0 fully saturated rings. The van der Waals surface area contributed by atoms with E-state index in [9.17, 15) is 10.2 Å². The van der Waals surface area contributed by atoms with Crippen LogP contribution < -0.4 is 4.74 Å². The van der Waals surface area contributed by atoms with Gasteiger partial charge < -0.3 is 14.9 Å². The van der Waals surface area contributed by atoms with Gasteiger partial charge in [-0.1, -0.05) is 12.1 Å². The van der Waals surface area contributed by atoms with Gasteiger partial charge in [0.15, 0.2) is 0 Å². The molecule has 18 heavy (non-hydrogen) atoms. The van der Waals surface area contributed by atoms with Gasteiger partial charge in [-0.2, -0.15) is 0 Å². The van der Waals surface area contributed by atoms with E-state index < -0.39 is 0 Å². The first-order valence-electron chi connectivity index (χ1n) is 5.64. The molecule has 92 valence electrons. The summed E-state index contributed by atoms with van der Waals surface area (Å²) in [6, 6.07) is 12.2. The van der Waals surface area contributed by atoms with Gasteiger partial charge in [-0.05, 0) is 29.8 Å². The normalized spacial score (nSPS) is 17.9. The van der Waals surface area contributed by atoms with Crippen LogP contribution in [0.15, 0.2) is 47.4 Å². The summed E-state index contributed by atoms with van der Waals surface area (Å²) in [4.78, 5) is 1.04. The Morgan fingerprint density at radius 1 is 1.00 bits per heavy atom. The highest BCUT2D eigenvalue weighted by Gasteiger charge is 2.22. The van der Waals surface area contributed by atoms with E-state index in [1.54, 1.807) is 36.0 Å². The Bertz CT molecular complexity index is 566. The lowest BCUT2D eigenvalue weighted by atomic mass is 10.1. The predicted octanol–water partition coefficient (Wildman–Crippen LogP) is 3.32. The Morgan fingerprint density at radius 3 is 2.50 bits per heavy atom. The summed E-state index contributed by atoms with van der Waals surface area (Å²) in [6.45, 7) is 0. The quantitative estimate of drug-likeness (QED) is 0.825. The zero-order valence-electron chi connectivity index (χ0n) is 9.54. The fourth-order valence-corrected chi connectivity index (χ4v) is 2.92. The van der Waals surface area contributed by atoms with Crippen LogP contribution >= 0.6 is 11.8 Å². The molecular formula is C14H12O3S. The fraction of sp³-hybridized carbons (Fsp3) is 0.143. The standard InChI is InChI=1S/C14H12O3S/c15-10-3-1-9(2-4-10)13-8-18-14-6-5-11(16)7-12(14)17-13/h1-7,13,15-16H,8H2. The summed E-state index contributed by atoms with van der Waals surface area (Å²) >= 11 is 1.71.